The first-order chi connectivity index (χ1) is 13.0. The molecule has 0 spiro atoms. The van der Waals surface area contributed by atoms with Crippen molar-refractivity contribution in [1.29, 1.82) is 0 Å². The van der Waals surface area contributed by atoms with Crippen LogP contribution in [0.3, 0.4) is 0 Å². The number of amides is 2. The molecule has 0 heterocycles. The number of carbonyl (C=O) groups excluding carboxylic acids is 2. The van der Waals surface area contributed by atoms with Crippen LogP contribution in [0.5, 0.6) is 11.5 Å². The second kappa shape index (κ2) is 10.1. The quantitative estimate of drug-likeness (QED) is 0.693. The molecule has 0 saturated carbocycles. The van der Waals surface area contributed by atoms with Gasteiger partial charge in [-0.25, -0.2) is 0 Å². The Morgan fingerprint density at radius 2 is 1.67 bits per heavy atom. The van der Waals surface area contributed by atoms with E-state index in [4.69, 9.17) is 4.74 Å². The van der Waals surface area contributed by atoms with E-state index in [1.54, 1.807) is 6.07 Å². The summed E-state index contributed by atoms with van der Waals surface area (Å²) in [6.07, 6.45) is 0.741. The smallest absolute Gasteiger partial charge is 0.387 e. The van der Waals surface area contributed by atoms with E-state index in [-0.39, 0.29) is 18.8 Å². The Bertz CT molecular complexity index is 767. The van der Waals surface area contributed by atoms with Gasteiger partial charge in [-0.2, -0.15) is 8.78 Å². The van der Waals surface area contributed by atoms with Crippen molar-refractivity contribution in [3.8, 4) is 11.5 Å². The van der Waals surface area contributed by atoms with Crippen molar-refractivity contribution in [3.05, 3.63) is 59.7 Å². The van der Waals surface area contributed by atoms with Gasteiger partial charge >= 0.3 is 6.61 Å². The molecular formula is C19H20F2N2O4. The normalized spacial score (nSPS) is 10.4. The van der Waals surface area contributed by atoms with E-state index in [0.717, 1.165) is 12.0 Å². The lowest BCUT2D eigenvalue weighted by molar-refractivity contribution is -0.129. The van der Waals surface area contributed by atoms with Crippen LogP contribution in [0, 0.1) is 0 Å². The number of rotatable bonds is 8. The van der Waals surface area contributed by atoms with Crippen LogP contribution in [0.4, 0.5) is 8.78 Å². The Morgan fingerprint density at radius 1 is 1.00 bits per heavy atom. The van der Waals surface area contributed by atoms with Crippen LogP contribution in [0.1, 0.15) is 18.1 Å². The molecule has 27 heavy (non-hydrogen) atoms. The highest BCUT2D eigenvalue weighted by molar-refractivity contribution is 5.83. The van der Waals surface area contributed by atoms with Crippen LogP contribution < -0.4 is 20.3 Å². The molecule has 2 amide bonds. The zero-order chi connectivity index (χ0) is 19.6. The molecule has 0 atom stereocenters. The monoisotopic (exact) mass is 378 g/mol. The standard InChI is InChI=1S/C19H20F2N2O4/c1-2-14-5-3-4-6-16(14)26-12-18(25)23-22-17(24)11-13-7-9-15(10-8-13)27-19(20)21/h3-10,19H,2,11-12H2,1H3,(H,22,24)(H,23,25). The van der Waals surface area contributed by atoms with E-state index in [0.29, 0.717) is 11.3 Å². The summed E-state index contributed by atoms with van der Waals surface area (Å²) in [6, 6.07) is 13.0. The predicted molar refractivity (Wildman–Crippen MR) is 94.4 cm³/mol. The molecule has 0 radical (unpaired) electrons. The fourth-order valence-electron chi connectivity index (χ4n) is 2.27. The molecule has 2 rings (SSSR count). The van der Waals surface area contributed by atoms with Gasteiger partial charge in [0, 0.05) is 0 Å². The first kappa shape index (κ1) is 20.2. The van der Waals surface area contributed by atoms with Crippen molar-refractivity contribution in [1.82, 2.24) is 10.9 Å². The van der Waals surface area contributed by atoms with Gasteiger partial charge in [0.2, 0.25) is 5.91 Å². The van der Waals surface area contributed by atoms with Crippen molar-refractivity contribution in [2.24, 2.45) is 0 Å². The number of ether oxygens (including phenoxy) is 2. The van der Waals surface area contributed by atoms with E-state index >= 15 is 0 Å². The van der Waals surface area contributed by atoms with Crippen LogP contribution in [0.25, 0.3) is 0 Å². The van der Waals surface area contributed by atoms with E-state index in [1.807, 2.05) is 25.1 Å². The average Bonchev–Trinajstić information content (AvgIpc) is 2.66. The molecule has 0 aliphatic heterocycles. The van der Waals surface area contributed by atoms with Crippen molar-refractivity contribution >= 4 is 11.8 Å². The Balaban J connectivity index is 1.74. The lowest BCUT2D eigenvalue weighted by atomic mass is 10.1. The topological polar surface area (TPSA) is 76.7 Å². The van der Waals surface area contributed by atoms with Gasteiger partial charge in [0.1, 0.15) is 11.5 Å². The lowest BCUT2D eigenvalue weighted by Crippen LogP contribution is -2.44. The van der Waals surface area contributed by atoms with Crippen molar-refractivity contribution < 1.29 is 27.8 Å². The highest BCUT2D eigenvalue weighted by Crippen LogP contribution is 2.18. The minimum absolute atomic E-state index is 0.00645. The Labute approximate surface area is 155 Å². The number of nitrogens with one attached hydrogen (secondary N) is 2. The third kappa shape index (κ3) is 6.93. The summed E-state index contributed by atoms with van der Waals surface area (Å²) in [6.45, 7) is -1.16. The predicted octanol–water partition coefficient (Wildman–Crippen LogP) is 2.62. The van der Waals surface area contributed by atoms with Crippen LogP contribution in [0.15, 0.2) is 48.5 Å². The molecule has 0 aliphatic carbocycles. The van der Waals surface area contributed by atoms with Crippen molar-refractivity contribution in [3.63, 3.8) is 0 Å². The van der Waals surface area contributed by atoms with E-state index < -0.39 is 18.4 Å². The third-order valence-electron chi connectivity index (χ3n) is 3.57. The number of halogens is 2. The minimum atomic E-state index is -2.90. The third-order valence-corrected chi connectivity index (χ3v) is 3.57. The SMILES string of the molecule is CCc1ccccc1OCC(=O)NNC(=O)Cc1ccc(OC(F)F)cc1. The van der Waals surface area contributed by atoms with Crippen molar-refractivity contribution in [2.45, 2.75) is 26.4 Å². The van der Waals surface area contributed by atoms with Gasteiger partial charge in [-0.05, 0) is 35.7 Å². The van der Waals surface area contributed by atoms with E-state index in [1.165, 1.54) is 24.3 Å². The highest BCUT2D eigenvalue weighted by Gasteiger charge is 2.09. The number of alkyl halides is 2. The summed E-state index contributed by atoms with van der Waals surface area (Å²) >= 11 is 0. The Morgan fingerprint density at radius 3 is 2.33 bits per heavy atom. The van der Waals surface area contributed by atoms with E-state index in [2.05, 4.69) is 15.6 Å². The largest absolute Gasteiger partial charge is 0.483 e. The Hall–Kier alpha value is -3.16. The van der Waals surface area contributed by atoms with Crippen LogP contribution in [0.2, 0.25) is 0 Å². The molecule has 0 aliphatic rings. The summed E-state index contributed by atoms with van der Waals surface area (Å²) in [5.74, 6) is -0.339. The first-order valence-corrected chi connectivity index (χ1v) is 8.30. The number of carbonyl (C=O) groups is 2. The highest BCUT2D eigenvalue weighted by atomic mass is 19.3. The molecule has 2 aromatic carbocycles. The van der Waals surface area contributed by atoms with Crippen LogP contribution >= 0.6 is 0 Å². The van der Waals surface area contributed by atoms with E-state index in [9.17, 15) is 18.4 Å². The average molecular weight is 378 g/mol. The van der Waals surface area contributed by atoms with Gasteiger partial charge in [0.05, 0.1) is 6.42 Å². The second-order valence-corrected chi connectivity index (χ2v) is 5.55. The zero-order valence-electron chi connectivity index (χ0n) is 14.7. The zero-order valence-corrected chi connectivity index (χ0v) is 14.7. The number of hydrogen-bond acceptors (Lipinski definition) is 4. The number of aryl methyl sites for hydroxylation is 1. The van der Waals surface area contributed by atoms with Gasteiger partial charge in [-0.1, -0.05) is 37.3 Å². The van der Waals surface area contributed by atoms with Gasteiger partial charge in [0.15, 0.2) is 6.61 Å². The Kier molecular flexibility index (Phi) is 7.54. The molecule has 2 N–H and O–H groups in total. The minimum Gasteiger partial charge on any atom is -0.483 e. The lowest BCUT2D eigenvalue weighted by Gasteiger charge is -2.11. The molecule has 0 bridgehead atoms. The van der Waals surface area contributed by atoms with Gasteiger partial charge < -0.3 is 9.47 Å². The molecule has 0 aromatic heterocycles. The summed E-state index contributed by atoms with van der Waals surface area (Å²) in [7, 11) is 0. The van der Waals surface area contributed by atoms with Gasteiger partial charge in [0.25, 0.3) is 5.91 Å². The number of benzene rings is 2. The molecule has 6 nitrogen and oxygen atoms in total. The van der Waals surface area contributed by atoms with Crippen LogP contribution in [-0.4, -0.2) is 25.0 Å². The maximum Gasteiger partial charge on any atom is 0.387 e. The van der Waals surface area contributed by atoms with Gasteiger partial charge in [-0.3, -0.25) is 20.4 Å². The molecule has 0 fully saturated rings. The number of hydrazine groups is 1. The maximum atomic E-state index is 12.1. The number of para-hydroxylation sites is 1. The second-order valence-electron chi connectivity index (χ2n) is 5.55. The molecular weight excluding hydrogens is 358 g/mol. The molecule has 0 unspecified atom stereocenters. The molecule has 144 valence electrons. The summed E-state index contributed by atoms with van der Waals surface area (Å²) in [5, 5.41) is 0. The van der Waals surface area contributed by atoms with Gasteiger partial charge in [-0.15, -0.1) is 0 Å². The molecule has 8 heteroatoms. The first-order valence-electron chi connectivity index (χ1n) is 8.30. The number of hydrogen-bond donors (Lipinski definition) is 2. The summed E-state index contributed by atoms with van der Waals surface area (Å²) < 4.78 is 33.8. The summed E-state index contributed by atoms with van der Waals surface area (Å²) in [4.78, 5) is 23.6. The van der Waals surface area contributed by atoms with Crippen LogP contribution in [-0.2, 0) is 22.4 Å². The molecule has 0 saturated heterocycles. The summed E-state index contributed by atoms with van der Waals surface area (Å²) in [5.41, 5.74) is 6.09. The van der Waals surface area contributed by atoms with Crippen molar-refractivity contribution in [2.75, 3.05) is 6.61 Å². The molecule has 2 aromatic rings. The fraction of sp³-hybridized carbons (Fsp3) is 0.263. The maximum absolute atomic E-state index is 12.1. The fourth-order valence-corrected chi connectivity index (χ4v) is 2.27.